The van der Waals surface area contributed by atoms with Gasteiger partial charge >= 0.3 is 0 Å². The van der Waals surface area contributed by atoms with Crippen LogP contribution in [0.25, 0.3) is 0 Å². The Kier molecular flexibility index (Phi) is 4.23. The summed E-state index contributed by atoms with van der Waals surface area (Å²) in [4.78, 5) is 12.1. The highest BCUT2D eigenvalue weighted by atomic mass is 16.2. The molecule has 100 valence electrons. The van der Waals surface area contributed by atoms with E-state index in [1.807, 2.05) is 6.92 Å². The minimum atomic E-state index is -0.143. The highest BCUT2D eigenvalue weighted by Gasteiger charge is 2.20. The Morgan fingerprint density at radius 1 is 1.39 bits per heavy atom. The highest BCUT2D eigenvalue weighted by molar-refractivity contribution is 5.97. The summed E-state index contributed by atoms with van der Waals surface area (Å²) in [5.41, 5.74) is 7.56. The summed E-state index contributed by atoms with van der Waals surface area (Å²) in [6, 6.07) is 0.279. The lowest BCUT2D eigenvalue weighted by Gasteiger charge is -2.15. The van der Waals surface area contributed by atoms with Crippen LogP contribution in [0.4, 0.5) is 5.69 Å². The molecule has 1 aliphatic carbocycles. The maximum atomic E-state index is 12.1. The number of nitrogens with two attached hydrogens (primary N) is 1. The maximum Gasteiger partial charge on any atom is 0.274 e. The molecule has 2 rings (SSSR count). The molecule has 0 saturated heterocycles. The van der Waals surface area contributed by atoms with Crippen molar-refractivity contribution in [2.24, 2.45) is 0 Å². The minimum Gasteiger partial charge on any atom is -0.395 e. The van der Waals surface area contributed by atoms with Gasteiger partial charge in [-0.3, -0.25) is 9.89 Å². The van der Waals surface area contributed by atoms with Crippen LogP contribution >= 0.6 is 0 Å². The van der Waals surface area contributed by atoms with Crippen LogP contribution in [0.5, 0.6) is 0 Å². The molecule has 18 heavy (non-hydrogen) atoms. The van der Waals surface area contributed by atoms with Gasteiger partial charge in [-0.15, -0.1) is 0 Å². The quantitative estimate of drug-likeness (QED) is 0.717. The van der Waals surface area contributed by atoms with Gasteiger partial charge in [0.2, 0.25) is 0 Å². The number of anilines is 1. The number of aromatic amines is 1. The fraction of sp³-hybridized carbons (Fsp3) is 0.692. The van der Waals surface area contributed by atoms with Crippen molar-refractivity contribution in [3.05, 3.63) is 11.4 Å². The molecule has 1 fully saturated rings. The summed E-state index contributed by atoms with van der Waals surface area (Å²) < 4.78 is 0. The van der Waals surface area contributed by atoms with E-state index in [2.05, 4.69) is 15.5 Å². The number of H-pyrrole nitrogens is 1. The van der Waals surface area contributed by atoms with Gasteiger partial charge in [0, 0.05) is 6.04 Å². The van der Waals surface area contributed by atoms with Gasteiger partial charge in [-0.05, 0) is 19.3 Å². The molecule has 1 aromatic rings. The molecule has 0 atom stereocenters. The second-order valence-electron chi connectivity index (χ2n) is 4.98. The third kappa shape index (κ3) is 2.83. The van der Waals surface area contributed by atoms with Crippen LogP contribution in [0.2, 0.25) is 0 Å². The number of hydrogen-bond donors (Lipinski definition) is 3. The number of nitrogens with zero attached hydrogens (tertiary/aromatic N) is 1. The van der Waals surface area contributed by atoms with Crippen molar-refractivity contribution in [2.45, 2.75) is 57.9 Å². The normalized spacial score (nSPS) is 17.4. The number of carbonyl (C=O) groups excluding carboxylic acids is 1. The van der Waals surface area contributed by atoms with E-state index in [0.29, 0.717) is 11.4 Å². The van der Waals surface area contributed by atoms with Crippen molar-refractivity contribution >= 4 is 11.6 Å². The summed E-state index contributed by atoms with van der Waals surface area (Å²) >= 11 is 0. The zero-order chi connectivity index (χ0) is 13.0. The van der Waals surface area contributed by atoms with E-state index in [1.165, 1.54) is 25.7 Å². The number of aryl methyl sites for hydroxylation is 1. The van der Waals surface area contributed by atoms with Gasteiger partial charge < -0.3 is 11.1 Å². The third-order valence-corrected chi connectivity index (χ3v) is 3.64. The first-order valence-electron chi connectivity index (χ1n) is 6.86. The van der Waals surface area contributed by atoms with Gasteiger partial charge in [-0.2, -0.15) is 5.10 Å². The number of rotatable bonds is 3. The van der Waals surface area contributed by atoms with Crippen LogP contribution in [0, 0.1) is 0 Å². The molecular weight excluding hydrogens is 228 g/mol. The Morgan fingerprint density at radius 2 is 2.06 bits per heavy atom. The van der Waals surface area contributed by atoms with Crippen molar-refractivity contribution in [2.75, 3.05) is 5.73 Å². The summed E-state index contributed by atoms with van der Waals surface area (Å²) in [5.74, 6) is -0.143. The molecule has 5 heteroatoms. The maximum absolute atomic E-state index is 12.1. The number of carbonyl (C=O) groups is 1. The van der Waals surface area contributed by atoms with Crippen molar-refractivity contribution in [1.82, 2.24) is 15.5 Å². The summed E-state index contributed by atoms with van der Waals surface area (Å²) in [7, 11) is 0. The lowest BCUT2D eigenvalue weighted by molar-refractivity contribution is 0.0929. The molecule has 1 heterocycles. The molecule has 5 nitrogen and oxygen atoms in total. The van der Waals surface area contributed by atoms with Gasteiger partial charge in [0.05, 0.1) is 11.4 Å². The summed E-state index contributed by atoms with van der Waals surface area (Å²) in [5, 5.41) is 9.88. The Hall–Kier alpha value is -1.52. The zero-order valence-electron chi connectivity index (χ0n) is 11.0. The molecule has 0 unspecified atom stereocenters. The average molecular weight is 250 g/mol. The van der Waals surface area contributed by atoms with Crippen LogP contribution in [0.1, 0.15) is 61.6 Å². The summed E-state index contributed by atoms with van der Waals surface area (Å²) in [6.45, 7) is 1.98. The van der Waals surface area contributed by atoms with Crippen LogP contribution in [-0.4, -0.2) is 22.1 Å². The summed E-state index contributed by atoms with van der Waals surface area (Å²) in [6.07, 6.45) is 7.83. The number of hydrogen-bond acceptors (Lipinski definition) is 3. The molecule has 4 N–H and O–H groups in total. The van der Waals surface area contributed by atoms with Gasteiger partial charge in [-0.1, -0.05) is 32.6 Å². The Balaban J connectivity index is 2.00. The topological polar surface area (TPSA) is 83.8 Å². The van der Waals surface area contributed by atoms with E-state index < -0.39 is 0 Å². The SMILES string of the molecule is CCc1[nH]nc(C(=O)NC2CCCCCC2)c1N. The Bertz CT molecular complexity index is 405. The standard InChI is InChI=1S/C13H22N4O/c1-2-10-11(14)12(17-16-10)13(18)15-9-7-5-3-4-6-8-9/h9H,2-8,14H2,1H3,(H,15,18)(H,16,17). The van der Waals surface area contributed by atoms with E-state index in [-0.39, 0.29) is 11.9 Å². The van der Waals surface area contributed by atoms with Gasteiger partial charge in [0.25, 0.3) is 5.91 Å². The zero-order valence-corrected chi connectivity index (χ0v) is 11.0. The van der Waals surface area contributed by atoms with E-state index >= 15 is 0 Å². The predicted octanol–water partition coefficient (Wildman–Crippen LogP) is 2.01. The fourth-order valence-corrected chi connectivity index (χ4v) is 2.51. The van der Waals surface area contributed by atoms with Gasteiger partial charge in [0.1, 0.15) is 0 Å². The fourth-order valence-electron chi connectivity index (χ4n) is 2.51. The molecule has 0 spiro atoms. The monoisotopic (exact) mass is 250 g/mol. The van der Waals surface area contributed by atoms with Crippen molar-refractivity contribution in [1.29, 1.82) is 0 Å². The minimum absolute atomic E-state index is 0.143. The van der Waals surface area contributed by atoms with Crippen LogP contribution < -0.4 is 11.1 Å². The first kappa shape index (κ1) is 12.9. The second-order valence-corrected chi connectivity index (χ2v) is 4.98. The van der Waals surface area contributed by atoms with Gasteiger partial charge in [-0.25, -0.2) is 0 Å². The van der Waals surface area contributed by atoms with Crippen LogP contribution in [0.15, 0.2) is 0 Å². The van der Waals surface area contributed by atoms with E-state index in [4.69, 9.17) is 5.73 Å². The molecule has 1 amide bonds. The molecular formula is C13H22N4O. The predicted molar refractivity (Wildman–Crippen MR) is 71.3 cm³/mol. The van der Waals surface area contributed by atoms with E-state index in [1.54, 1.807) is 0 Å². The van der Waals surface area contributed by atoms with Gasteiger partial charge in [0.15, 0.2) is 5.69 Å². The molecule has 0 radical (unpaired) electrons. The highest BCUT2D eigenvalue weighted by Crippen LogP contribution is 2.19. The number of aromatic nitrogens is 2. The van der Waals surface area contributed by atoms with Crippen LogP contribution in [0.3, 0.4) is 0 Å². The number of amides is 1. The van der Waals surface area contributed by atoms with E-state index in [0.717, 1.165) is 25.0 Å². The largest absolute Gasteiger partial charge is 0.395 e. The van der Waals surface area contributed by atoms with Crippen molar-refractivity contribution in [3.8, 4) is 0 Å². The average Bonchev–Trinajstić information content (AvgIpc) is 2.57. The first-order chi connectivity index (χ1) is 8.72. The van der Waals surface area contributed by atoms with E-state index in [9.17, 15) is 4.79 Å². The molecule has 0 aliphatic heterocycles. The third-order valence-electron chi connectivity index (χ3n) is 3.64. The first-order valence-corrected chi connectivity index (χ1v) is 6.86. The molecule has 0 aromatic carbocycles. The number of nitrogen functional groups attached to an aromatic ring is 1. The van der Waals surface area contributed by atoms with Crippen molar-refractivity contribution in [3.63, 3.8) is 0 Å². The smallest absolute Gasteiger partial charge is 0.274 e. The Morgan fingerprint density at radius 3 is 2.61 bits per heavy atom. The Labute approximate surface area is 108 Å². The molecule has 1 aromatic heterocycles. The molecule has 0 bridgehead atoms. The molecule has 1 aliphatic rings. The molecule has 1 saturated carbocycles. The lowest BCUT2D eigenvalue weighted by atomic mass is 10.1. The second kappa shape index (κ2) is 5.89. The number of nitrogens with one attached hydrogen (secondary N) is 2. The lowest BCUT2D eigenvalue weighted by Crippen LogP contribution is -2.35. The van der Waals surface area contributed by atoms with Crippen molar-refractivity contribution < 1.29 is 4.79 Å². The van der Waals surface area contributed by atoms with Crippen LogP contribution in [-0.2, 0) is 6.42 Å².